The van der Waals surface area contributed by atoms with Gasteiger partial charge in [-0.2, -0.15) is 4.98 Å². The number of carbonyl (C=O) groups is 1. The van der Waals surface area contributed by atoms with E-state index in [-0.39, 0.29) is 11.8 Å². The third kappa shape index (κ3) is 2.83. The molecule has 1 aromatic rings. The van der Waals surface area contributed by atoms with E-state index in [2.05, 4.69) is 27.4 Å². The zero-order chi connectivity index (χ0) is 10.6. The summed E-state index contributed by atoms with van der Waals surface area (Å²) >= 11 is 0. The Hall–Kier alpha value is -1.39. The number of nitrogens with one attached hydrogen (secondary N) is 2. The molecule has 1 atom stereocenters. The summed E-state index contributed by atoms with van der Waals surface area (Å²) in [4.78, 5) is 15.5. The summed E-state index contributed by atoms with van der Waals surface area (Å²) < 4.78 is 0. The lowest BCUT2D eigenvalue weighted by atomic mass is 10.1. The molecule has 0 saturated heterocycles. The van der Waals surface area contributed by atoms with E-state index < -0.39 is 0 Å². The van der Waals surface area contributed by atoms with Crippen molar-refractivity contribution in [2.45, 2.75) is 33.6 Å². The second-order valence-electron chi connectivity index (χ2n) is 3.42. The highest BCUT2D eigenvalue weighted by molar-refractivity contribution is 5.90. The van der Waals surface area contributed by atoms with E-state index in [4.69, 9.17) is 0 Å². The highest BCUT2D eigenvalue weighted by Crippen LogP contribution is 2.07. The van der Waals surface area contributed by atoms with Crippen LogP contribution in [-0.4, -0.2) is 21.1 Å². The van der Waals surface area contributed by atoms with Crippen molar-refractivity contribution in [3.63, 3.8) is 0 Å². The Morgan fingerprint density at radius 3 is 2.86 bits per heavy atom. The first-order valence-corrected chi connectivity index (χ1v) is 4.83. The maximum atomic E-state index is 11.5. The average Bonchev–Trinajstić information content (AvgIpc) is 2.51. The van der Waals surface area contributed by atoms with E-state index in [1.54, 1.807) is 6.92 Å². The van der Waals surface area contributed by atoms with Crippen LogP contribution in [0.15, 0.2) is 0 Å². The number of hydrogen-bond acceptors (Lipinski definition) is 3. The number of rotatable bonds is 4. The predicted octanol–water partition coefficient (Wildman–Crippen LogP) is 1.49. The zero-order valence-corrected chi connectivity index (χ0v) is 8.79. The summed E-state index contributed by atoms with van der Waals surface area (Å²) in [5.41, 5.74) is 0. The summed E-state index contributed by atoms with van der Waals surface area (Å²) in [6, 6.07) is 0. The molecular weight excluding hydrogens is 180 g/mol. The van der Waals surface area contributed by atoms with Gasteiger partial charge in [0.2, 0.25) is 11.9 Å². The first-order chi connectivity index (χ1) is 6.63. The molecule has 0 aliphatic heterocycles. The summed E-state index contributed by atoms with van der Waals surface area (Å²) in [7, 11) is 0. The normalized spacial score (nSPS) is 12.5. The van der Waals surface area contributed by atoms with Crippen LogP contribution in [0.1, 0.15) is 32.5 Å². The van der Waals surface area contributed by atoms with E-state index in [9.17, 15) is 4.79 Å². The third-order valence-corrected chi connectivity index (χ3v) is 2.00. The van der Waals surface area contributed by atoms with Crippen molar-refractivity contribution in [2.24, 2.45) is 5.92 Å². The Labute approximate surface area is 83.3 Å². The first-order valence-electron chi connectivity index (χ1n) is 4.83. The second-order valence-corrected chi connectivity index (χ2v) is 3.42. The largest absolute Gasteiger partial charge is 0.293 e. The molecule has 0 saturated carbocycles. The molecule has 0 radical (unpaired) electrons. The molecular formula is C9H16N4O. The number of aromatic nitrogens is 3. The molecule has 0 bridgehead atoms. The maximum Gasteiger partial charge on any atom is 0.248 e. The summed E-state index contributed by atoms with van der Waals surface area (Å²) in [5.74, 6) is 1.04. The molecule has 1 amide bonds. The Bertz CT molecular complexity index is 308. The molecule has 0 aromatic carbocycles. The van der Waals surface area contributed by atoms with Gasteiger partial charge in [0.15, 0.2) is 0 Å². The molecule has 0 aliphatic carbocycles. The number of nitrogens with zero attached hydrogens (tertiary/aromatic N) is 2. The van der Waals surface area contributed by atoms with Crippen LogP contribution in [0, 0.1) is 12.8 Å². The summed E-state index contributed by atoms with van der Waals surface area (Å²) in [6.07, 6.45) is 1.89. The van der Waals surface area contributed by atoms with Gasteiger partial charge in [0.1, 0.15) is 5.82 Å². The van der Waals surface area contributed by atoms with Crippen molar-refractivity contribution < 1.29 is 4.79 Å². The highest BCUT2D eigenvalue weighted by Gasteiger charge is 2.13. The second kappa shape index (κ2) is 4.74. The van der Waals surface area contributed by atoms with E-state index in [1.165, 1.54) is 0 Å². The van der Waals surface area contributed by atoms with Gasteiger partial charge in [-0.25, -0.2) is 0 Å². The number of amides is 1. The van der Waals surface area contributed by atoms with Crippen molar-refractivity contribution >= 4 is 11.9 Å². The molecule has 14 heavy (non-hydrogen) atoms. The van der Waals surface area contributed by atoms with Gasteiger partial charge < -0.3 is 0 Å². The Morgan fingerprint density at radius 2 is 2.36 bits per heavy atom. The van der Waals surface area contributed by atoms with Crippen molar-refractivity contribution in [2.75, 3.05) is 5.32 Å². The standard InChI is InChI=1S/C9H16N4O/c1-4-5-6(2)8(14)11-9-10-7(3)12-13-9/h6H,4-5H2,1-3H3,(H2,10,11,12,13,14). The lowest BCUT2D eigenvalue weighted by Gasteiger charge is -2.07. The van der Waals surface area contributed by atoms with Gasteiger partial charge >= 0.3 is 0 Å². The molecule has 5 heteroatoms. The molecule has 1 aromatic heterocycles. The highest BCUT2D eigenvalue weighted by atomic mass is 16.2. The van der Waals surface area contributed by atoms with Crippen LogP contribution >= 0.6 is 0 Å². The number of aryl methyl sites for hydroxylation is 1. The molecule has 78 valence electrons. The number of anilines is 1. The predicted molar refractivity (Wildman–Crippen MR) is 53.8 cm³/mol. The maximum absolute atomic E-state index is 11.5. The van der Waals surface area contributed by atoms with E-state index in [1.807, 2.05) is 6.92 Å². The van der Waals surface area contributed by atoms with Crippen LogP contribution in [0.2, 0.25) is 0 Å². The monoisotopic (exact) mass is 196 g/mol. The lowest BCUT2D eigenvalue weighted by molar-refractivity contribution is -0.119. The van der Waals surface area contributed by atoms with Gasteiger partial charge in [0.05, 0.1) is 0 Å². The number of aromatic amines is 1. The number of carbonyl (C=O) groups excluding carboxylic acids is 1. The van der Waals surface area contributed by atoms with Crippen LogP contribution < -0.4 is 5.32 Å². The molecule has 0 spiro atoms. The topological polar surface area (TPSA) is 70.7 Å². The average molecular weight is 196 g/mol. The Morgan fingerprint density at radius 1 is 1.64 bits per heavy atom. The minimum Gasteiger partial charge on any atom is -0.293 e. The minimum absolute atomic E-state index is 0.0128. The molecule has 1 rings (SSSR count). The molecule has 1 heterocycles. The smallest absolute Gasteiger partial charge is 0.248 e. The summed E-state index contributed by atoms with van der Waals surface area (Å²) in [6.45, 7) is 5.75. The zero-order valence-electron chi connectivity index (χ0n) is 8.79. The van der Waals surface area contributed by atoms with Gasteiger partial charge in [-0.3, -0.25) is 15.2 Å². The van der Waals surface area contributed by atoms with Crippen molar-refractivity contribution in [3.05, 3.63) is 5.82 Å². The van der Waals surface area contributed by atoms with Gasteiger partial charge in [0.25, 0.3) is 0 Å². The molecule has 1 unspecified atom stereocenters. The van der Waals surface area contributed by atoms with E-state index >= 15 is 0 Å². The van der Waals surface area contributed by atoms with Crippen molar-refractivity contribution in [1.82, 2.24) is 15.2 Å². The molecule has 2 N–H and O–H groups in total. The fraction of sp³-hybridized carbons (Fsp3) is 0.667. The fourth-order valence-electron chi connectivity index (χ4n) is 1.20. The van der Waals surface area contributed by atoms with Gasteiger partial charge in [-0.15, -0.1) is 5.10 Å². The fourth-order valence-corrected chi connectivity index (χ4v) is 1.20. The SMILES string of the molecule is CCCC(C)C(=O)Nc1n[nH]c(C)n1. The molecule has 0 fully saturated rings. The quantitative estimate of drug-likeness (QED) is 0.766. The van der Waals surface area contributed by atoms with E-state index in [0.717, 1.165) is 12.8 Å². The van der Waals surface area contributed by atoms with E-state index in [0.29, 0.717) is 11.8 Å². The van der Waals surface area contributed by atoms with Gasteiger partial charge in [0, 0.05) is 5.92 Å². The van der Waals surface area contributed by atoms with Crippen LogP contribution in [0.25, 0.3) is 0 Å². The van der Waals surface area contributed by atoms with Crippen LogP contribution in [0.3, 0.4) is 0 Å². The number of H-pyrrole nitrogens is 1. The first kappa shape index (κ1) is 10.7. The van der Waals surface area contributed by atoms with Crippen LogP contribution in [0.5, 0.6) is 0 Å². The third-order valence-electron chi connectivity index (χ3n) is 2.00. The van der Waals surface area contributed by atoms with Crippen molar-refractivity contribution in [3.8, 4) is 0 Å². The van der Waals surface area contributed by atoms with Crippen molar-refractivity contribution in [1.29, 1.82) is 0 Å². The Kier molecular flexibility index (Phi) is 3.62. The Balaban J connectivity index is 2.48. The number of hydrogen-bond donors (Lipinski definition) is 2. The van der Waals surface area contributed by atoms with Gasteiger partial charge in [-0.05, 0) is 13.3 Å². The van der Waals surface area contributed by atoms with Gasteiger partial charge in [-0.1, -0.05) is 20.3 Å². The molecule has 0 aliphatic rings. The molecule has 5 nitrogen and oxygen atoms in total. The van der Waals surface area contributed by atoms with Crippen LogP contribution in [-0.2, 0) is 4.79 Å². The lowest BCUT2D eigenvalue weighted by Crippen LogP contribution is -2.20. The minimum atomic E-state index is -0.0224. The summed E-state index contributed by atoms with van der Waals surface area (Å²) in [5, 5.41) is 9.15. The van der Waals surface area contributed by atoms with Crippen LogP contribution in [0.4, 0.5) is 5.95 Å².